The zero-order chi connectivity index (χ0) is 32.0. The zero-order valence-electron chi connectivity index (χ0n) is 27.4. The van der Waals surface area contributed by atoms with E-state index in [0.29, 0.717) is 11.8 Å². The first kappa shape index (κ1) is 27.7. The molecule has 6 aromatic rings. The molecule has 6 aromatic carbocycles. The van der Waals surface area contributed by atoms with E-state index in [1.54, 1.807) is 0 Å². The molecule has 1 fully saturated rings. The molecule has 0 bridgehead atoms. The lowest BCUT2D eigenvalue weighted by Gasteiger charge is -2.46. The molecule has 230 valence electrons. The maximum absolute atomic E-state index is 2.47. The third kappa shape index (κ3) is 3.62. The van der Waals surface area contributed by atoms with Gasteiger partial charge in [-0.05, 0) is 98.3 Å². The van der Waals surface area contributed by atoms with Crippen molar-refractivity contribution in [2.75, 3.05) is 4.90 Å². The lowest BCUT2D eigenvalue weighted by atomic mass is 9.55. The quantitative estimate of drug-likeness (QED) is 0.190. The van der Waals surface area contributed by atoms with E-state index in [4.69, 9.17) is 0 Å². The second-order valence-corrected chi connectivity index (χ2v) is 14.4. The minimum Gasteiger partial charge on any atom is -0.314 e. The summed E-state index contributed by atoms with van der Waals surface area (Å²) in [7, 11) is 0. The van der Waals surface area contributed by atoms with Crippen molar-refractivity contribution in [3.8, 4) is 11.1 Å². The normalized spacial score (nSPS) is 20.0. The first-order chi connectivity index (χ1) is 23.6. The third-order valence-electron chi connectivity index (χ3n) is 11.7. The van der Waals surface area contributed by atoms with E-state index < -0.39 is 0 Å². The van der Waals surface area contributed by atoms with Gasteiger partial charge in [-0.15, -0.1) is 0 Å². The largest absolute Gasteiger partial charge is 0.314 e. The molecular formula is C47H37N. The van der Waals surface area contributed by atoms with Crippen LogP contribution in [0.15, 0.2) is 170 Å². The Morgan fingerprint density at radius 1 is 0.458 bits per heavy atom. The van der Waals surface area contributed by atoms with Crippen LogP contribution in [0, 0.1) is 11.8 Å². The summed E-state index contributed by atoms with van der Waals surface area (Å²) in [5.74, 6) is 0.990. The first-order valence-electron chi connectivity index (χ1n) is 17.4. The molecule has 0 saturated heterocycles. The van der Waals surface area contributed by atoms with E-state index in [2.05, 4.69) is 183 Å². The van der Waals surface area contributed by atoms with Crippen molar-refractivity contribution in [3.63, 3.8) is 0 Å². The van der Waals surface area contributed by atoms with Gasteiger partial charge in [-0.25, -0.2) is 0 Å². The van der Waals surface area contributed by atoms with Crippen LogP contribution in [0.1, 0.15) is 59.2 Å². The van der Waals surface area contributed by atoms with Gasteiger partial charge >= 0.3 is 0 Å². The summed E-state index contributed by atoms with van der Waals surface area (Å²) in [6, 6.07) is 56.5. The predicted molar refractivity (Wildman–Crippen MR) is 199 cm³/mol. The van der Waals surface area contributed by atoms with Crippen LogP contribution in [0.4, 0.5) is 11.4 Å². The zero-order valence-corrected chi connectivity index (χ0v) is 27.4. The van der Waals surface area contributed by atoms with Crippen LogP contribution >= 0.6 is 0 Å². The van der Waals surface area contributed by atoms with Crippen molar-refractivity contribution in [1.82, 2.24) is 0 Å². The second-order valence-electron chi connectivity index (χ2n) is 14.4. The van der Waals surface area contributed by atoms with E-state index in [-0.39, 0.29) is 10.8 Å². The van der Waals surface area contributed by atoms with Crippen LogP contribution in [0.2, 0.25) is 0 Å². The SMILES string of the molecule is CC1(C)c2ccccc2C2(c3ccccc3-c3c(C4=CC=C(N(c5ccccc5)c5ccccc5)C5CC45)cccc32)c2ccccc21. The van der Waals surface area contributed by atoms with Crippen molar-refractivity contribution >= 4 is 16.9 Å². The van der Waals surface area contributed by atoms with Crippen molar-refractivity contribution < 1.29 is 0 Å². The molecule has 0 aliphatic heterocycles. The van der Waals surface area contributed by atoms with Gasteiger partial charge in [0, 0.05) is 28.4 Å². The fourth-order valence-corrected chi connectivity index (χ4v) is 9.57. The maximum Gasteiger partial charge on any atom is 0.0719 e. The molecule has 1 saturated carbocycles. The Hall–Kier alpha value is -5.40. The van der Waals surface area contributed by atoms with Crippen LogP contribution in [0.3, 0.4) is 0 Å². The summed E-state index contributed by atoms with van der Waals surface area (Å²) < 4.78 is 0. The molecule has 48 heavy (non-hydrogen) atoms. The van der Waals surface area contributed by atoms with Crippen molar-refractivity contribution in [2.24, 2.45) is 11.8 Å². The highest BCUT2D eigenvalue weighted by atomic mass is 15.2. The Bertz CT molecular complexity index is 2220. The molecule has 10 rings (SSSR count). The Morgan fingerprint density at radius 2 is 0.958 bits per heavy atom. The number of fused-ring (bicyclic) bond motifs is 10. The Kier molecular flexibility index (Phi) is 5.80. The van der Waals surface area contributed by atoms with Crippen molar-refractivity contribution in [1.29, 1.82) is 0 Å². The Morgan fingerprint density at radius 3 is 1.58 bits per heavy atom. The first-order valence-corrected chi connectivity index (χ1v) is 17.4. The maximum atomic E-state index is 2.47. The van der Waals surface area contributed by atoms with Crippen LogP contribution in [0.5, 0.6) is 0 Å². The number of nitrogens with zero attached hydrogens (tertiary/aromatic N) is 1. The Labute approximate surface area is 283 Å². The van der Waals surface area contributed by atoms with E-state index in [1.807, 2.05) is 0 Å². The fraction of sp³-hybridized carbons (Fsp3) is 0.149. The molecule has 0 amide bonds. The van der Waals surface area contributed by atoms with Crippen molar-refractivity contribution in [2.45, 2.75) is 31.1 Å². The summed E-state index contributed by atoms with van der Waals surface area (Å²) in [5.41, 5.74) is 17.5. The van der Waals surface area contributed by atoms with Crippen LogP contribution in [0.25, 0.3) is 16.7 Å². The van der Waals surface area contributed by atoms with Gasteiger partial charge in [-0.3, -0.25) is 0 Å². The summed E-state index contributed by atoms with van der Waals surface area (Å²) >= 11 is 0. The van der Waals surface area contributed by atoms with Gasteiger partial charge in [0.05, 0.1) is 5.41 Å². The highest BCUT2D eigenvalue weighted by Gasteiger charge is 2.54. The van der Waals surface area contributed by atoms with Gasteiger partial charge < -0.3 is 4.90 Å². The summed E-state index contributed by atoms with van der Waals surface area (Å²) in [6.07, 6.45) is 6.02. The minimum atomic E-state index is -0.360. The molecule has 1 nitrogen and oxygen atoms in total. The van der Waals surface area contributed by atoms with Crippen LogP contribution in [-0.4, -0.2) is 0 Å². The lowest BCUT2D eigenvalue weighted by molar-refractivity contribution is 0.563. The van der Waals surface area contributed by atoms with E-state index in [0.717, 1.165) is 0 Å². The van der Waals surface area contributed by atoms with Gasteiger partial charge in [0.1, 0.15) is 0 Å². The summed E-state index contributed by atoms with van der Waals surface area (Å²) in [5, 5.41) is 0. The van der Waals surface area contributed by atoms with Gasteiger partial charge in [0.15, 0.2) is 0 Å². The predicted octanol–water partition coefficient (Wildman–Crippen LogP) is 11.4. The molecule has 4 aliphatic carbocycles. The monoisotopic (exact) mass is 615 g/mol. The van der Waals surface area contributed by atoms with Gasteiger partial charge in [-0.2, -0.15) is 0 Å². The van der Waals surface area contributed by atoms with Crippen molar-refractivity contribution in [3.05, 3.63) is 208 Å². The van der Waals surface area contributed by atoms with E-state index >= 15 is 0 Å². The summed E-state index contributed by atoms with van der Waals surface area (Å²) in [6.45, 7) is 4.79. The van der Waals surface area contributed by atoms with Gasteiger partial charge in [0.25, 0.3) is 0 Å². The number of hydrogen-bond donors (Lipinski definition) is 0. The summed E-state index contributed by atoms with van der Waals surface area (Å²) in [4.78, 5) is 2.47. The number of hydrogen-bond acceptors (Lipinski definition) is 1. The molecule has 0 N–H and O–H groups in total. The topological polar surface area (TPSA) is 3.24 Å². The fourth-order valence-electron chi connectivity index (χ4n) is 9.57. The van der Waals surface area contributed by atoms with Gasteiger partial charge in [-0.1, -0.05) is 147 Å². The molecule has 1 spiro atoms. The number of anilines is 2. The molecule has 0 aromatic heterocycles. The van der Waals surface area contributed by atoms with Crippen LogP contribution in [-0.2, 0) is 10.8 Å². The molecule has 2 unspecified atom stereocenters. The number of benzene rings is 6. The highest BCUT2D eigenvalue weighted by molar-refractivity contribution is 5.96. The number of para-hydroxylation sites is 2. The smallest absolute Gasteiger partial charge is 0.0719 e. The molecule has 1 heteroatoms. The minimum absolute atomic E-state index is 0.0918. The number of rotatable bonds is 4. The third-order valence-corrected chi connectivity index (χ3v) is 11.7. The van der Waals surface area contributed by atoms with E-state index in [9.17, 15) is 0 Å². The van der Waals surface area contributed by atoms with Crippen LogP contribution < -0.4 is 4.90 Å². The molecule has 0 radical (unpaired) electrons. The molecule has 0 heterocycles. The average Bonchev–Trinajstić information content (AvgIpc) is 3.89. The number of allylic oxidation sites excluding steroid dienone is 4. The molecule has 2 atom stereocenters. The standard InChI is InChI=1S/C47H37N/c1-46(2)39-23-11-13-25-41(39)47(42-26-14-12-24-40(42)46)38-22-10-9-20-35(38)45-34(21-15-27-43(45)47)33-28-29-44(37-30-36(33)37)48(31-16-5-3-6-17-31)32-18-7-4-8-19-32/h3-29,36-37H,30H2,1-2H3. The lowest BCUT2D eigenvalue weighted by Crippen LogP contribution is -2.40. The van der Waals surface area contributed by atoms with Gasteiger partial charge in [0.2, 0.25) is 0 Å². The Balaban J connectivity index is 1.20. The van der Waals surface area contributed by atoms with E-state index in [1.165, 1.54) is 79.1 Å². The highest BCUT2D eigenvalue weighted by Crippen LogP contribution is 2.65. The molecule has 4 aliphatic rings. The second kappa shape index (κ2) is 10.1. The molecular weight excluding hydrogens is 579 g/mol. The average molecular weight is 616 g/mol.